The molecule has 0 spiro atoms. The van der Waals surface area contributed by atoms with Gasteiger partial charge >= 0.3 is 8.32 Å². The number of anilines is 1. The monoisotopic (exact) mass is 777 g/mol. The molecule has 1 heterocycles. The lowest BCUT2D eigenvalue weighted by Crippen LogP contribution is -2.68. The first-order chi connectivity index (χ1) is 26.4. The first kappa shape index (κ1) is 40.2. The van der Waals surface area contributed by atoms with E-state index in [9.17, 15) is 13.5 Å². The third kappa shape index (κ3) is 10.1. The Bertz CT molecular complexity index is 1990. The smallest absolute Gasteiger partial charge is 0.319 e. The van der Waals surface area contributed by atoms with Crippen molar-refractivity contribution in [2.75, 3.05) is 38.1 Å². The number of sulfonamides is 1. The molecule has 290 valence electrons. The maximum atomic E-state index is 13.1. The van der Waals surface area contributed by atoms with Gasteiger partial charge in [0.25, 0.3) is 0 Å². The SMILES string of the molecule is Cc1ccc(S(=O)(=O)N2CCC(Nc3ccc(CCNCC(O)COc4ccc(O[Si](c5ccccc5)(c5ccccc5)C(C)(C)C)cc4)cc3)CC2)cc1. The van der Waals surface area contributed by atoms with Crippen LogP contribution in [0.25, 0.3) is 0 Å². The van der Waals surface area contributed by atoms with Crippen LogP contribution in [-0.2, 0) is 16.4 Å². The highest BCUT2D eigenvalue weighted by Crippen LogP contribution is 2.38. The summed E-state index contributed by atoms with van der Waals surface area (Å²) in [5.41, 5.74) is 3.27. The van der Waals surface area contributed by atoms with Crippen LogP contribution in [0.15, 0.2) is 138 Å². The van der Waals surface area contributed by atoms with Gasteiger partial charge in [-0.1, -0.05) is 111 Å². The second-order valence-corrected chi connectivity index (χ2v) is 21.6. The fourth-order valence-electron chi connectivity index (χ4n) is 7.29. The fourth-order valence-corrected chi connectivity index (χ4v) is 13.2. The van der Waals surface area contributed by atoms with Crippen molar-refractivity contribution < 1.29 is 22.7 Å². The van der Waals surface area contributed by atoms with Crippen molar-refractivity contribution >= 4 is 34.4 Å². The Morgan fingerprint density at radius 1 is 0.782 bits per heavy atom. The molecule has 0 saturated carbocycles. The van der Waals surface area contributed by atoms with Crippen molar-refractivity contribution in [3.8, 4) is 11.5 Å². The average molecular weight is 778 g/mol. The van der Waals surface area contributed by atoms with E-state index in [1.165, 1.54) is 15.9 Å². The molecular formula is C45H55N3O5SSi. The summed E-state index contributed by atoms with van der Waals surface area (Å²) in [5, 5.41) is 19.9. The number of aliphatic hydroxyl groups is 1. The van der Waals surface area contributed by atoms with Crippen LogP contribution < -0.4 is 30.2 Å². The maximum Gasteiger partial charge on any atom is 0.319 e. The second kappa shape index (κ2) is 18.0. The highest BCUT2D eigenvalue weighted by Gasteiger charge is 2.52. The standard InChI is InChI=1S/C45H55N3O5SSi/c1-35-15-25-42(26-16-35)54(50,51)48-31-28-38(29-32-48)47-37-19-17-36(18-20-37)27-30-46-33-39(49)34-52-40-21-23-41(24-22-40)53-55(45(2,3)4,43-11-7-5-8-12-43)44-13-9-6-10-14-44/h5-26,38-39,46-47,49H,27-34H2,1-4H3. The van der Waals surface area contributed by atoms with Crippen LogP contribution in [0.4, 0.5) is 5.69 Å². The van der Waals surface area contributed by atoms with E-state index >= 15 is 0 Å². The molecule has 1 saturated heterocycles. The van der Waals surface area contributed by atoms with Crippen LogP contribution in [-0.4, -0.2) is 71.1 Å². The molecule has 6 rings (SSSR count). The maximum absolute atomic E-state index is 13.1. The van der Waals surface area contributed by atoms with E-state index in [-0.39, 0.29) is 17.7 Å². The third-order valence-corrected chi connectivity index (χ3v) is 17.2. The molecule has 0 aliphatic carbocycles. The van der Waals surface area contributed by atoms with Gasteiger partial charge in [-0.3, -0.25) is 0 Å². The fraction of sp³-hybridized carbons (Fsp3) is 0.333. The number of benzene rings is 5. The molecule has 5 aromatic rings. The van der Waals surface area contributed by atoms with E-state index in [0.29, 0.717) is 30.3 Å². The number of aliphatic hydroxyl groups excluding tert-OH is 1. The molecule has 1 unspecified atom stereocenters. The van der Waals surface area contributed by atoms with Gasteiger partial charge in [-0.05, 0) is 102 Å². The molecule has 1 aliphatic heterocycles. The summed E-state index contributed by atoms with van der Waals surface area (Å²) in [5.74, 6) is 1.47. The summed E-state index contributed by atoms with van der Waals surface area (Å²) in [6.45, 7) is 11.1. The van der Waals surface area contributed by atoms with E-state index in [1.54, 1.807) is 16.4 Å². The lowest BCUT2D eigenvalue weighted by atomic mass is 10.1. The topological polar surface area (TPSA) is 100 Å². The quantitative estimate of drug-likeness (QED) is 0.0752. The molecule has 3 N–H and O–H groups in total. The van der Waals surface area contributed by atoms with Gasteiger partial charge in [0.2, 0.25) is 10.0 Å². The Morgan fingerprint density at radius 2 is 1.35 bits per heavy atom. The molecule has 0 radical (unpaired) electrons. The number of ether oxygens (including phenoxy) is 1. The minimum atomic E-state index is -3.47. The molecule has 0 aromatic heterocycles. The summed E-state index contributed by atoms with van der Waals surface area (Å²) in [7, 11) is -6.19. The van der Waals surface area contributed by atoms with Crippen molar-refractivity contribution in [3.05, 3.63) is 145 Å². The van der Waals surface area contributed by atoms with Gasteiger partial charge in [-0.15, -0.1) is 0 Å². The molecular weight excluding hydrogens is 723 g/mol. The van der Waals surface area contributed by atoms with E-state index in [2.05, 4.69) is 104 Å². The largest absolute Gasteiger partial charge is 0.534 e. The van der Waals surface area contributed by atoms with Crippen molar-refractivity contribution in [2.24, 2.45) is 0 Å². The molecule has 0 amide bonds. The molecule has 0 bridgehead atoms. The summed E-state index contributed by atoms with van der Waals surface area (Å²) < 4.78 is 40.8. The number of hydrogen-bond acceptors (Lipinski definition) is 7. The summed E-state index contributed by atoms with van der Waals surface area (Å²) in [6, 6.07) is 44.6. The number of hydrogen-bond donors (Lipinski definition) is 3. The van der Waals surface area contributed by atoms with Crippen molar-refractivity contribution in [2.45, 2.75) is 69.0 Å². The number of nitrogens with zero attached hydrogens (tertiary/aromatic N) is 1. The van der Waals surface area contributed by atoms with Crippen molar-refractivity contribution in [1.29, 1.82) is 0 Å². The Balaban J connectivity index is 0.920. The van der Waals surface area contributed by atoms with Crippen molar-refractivity contribution in [1.82, 2.24) is 9.62 Å². The average Bonchev–Trinajstić information content (AvgIpc) is 3.19. The molecule has 10 heteroatoms. The van der Waals surface area contributed by atoms with Gasteiger partial charge in [0.05, 0.1) is 4.90 Å². The van der Waals surface area contributed by atoms with Gasteiger partial charge in [0, 0.05) is 31.4 Å². The lowest BCUT2D eigenvalue weighted by Gasteiger charge is -2.43. The highest BCUT2D eigenvalue weighted by atomic mass is 32.2. The van der Waals surface area contributed by atoms with Crippen LogP contribution >= 0.6 is 0 Å². The molecule has 55 heavy (non-hydrogen) atoms. The van der Waals surface area contributed by atoms with E-state index in [1.807, 2.05) is 55.5 Å². The van der Waals surface area contributed by atoms with Crippen LogP contribution in [0.2, 0.25) is 5.04 Å². The Labute approximate surface area is 328 Å². The molecule has 8 nitrogen and oxygen atoms in total. The summed E-state index contributed by atoms with van der Waals surface area (Å²) >= 11 is 0. The van der Waals surface area contributed by atoms with Crippen LogP contribution in [0.5, 0.6) is 11.5 Å². The predicted octanol–water partition coefficient (Wildman–Crippen LogP) is 6.77. The number of piperidine rings is 1. The van der Waals surface area contributed by atoms with Gasteiger partial charge in [-0.25, -0.2) is 8.42 Å². The normalized spacial score (nSPS) is 15.0. The Morgan fingerprint density at radius 3 is 1.91 bits per heavy atom. The number of aryl methyl sites for hydroxylation is 1. The second-order valence-electron chi connectivity index (χ2n) is 15.5. The third-order valence-electron chi connectivity index (χ3n) is 10.4. The Hall–Kier alpha value is -4.45. The van der Waals surface area contributed by atoms with E-state index in [0.717, 1.165) is 42.8 Å². The lowest BCUT2D eigenvalue weighted by molar-refractivity contribution is 0.106. The summed E-state index contributed by atoms with van der Waals surface area (Å²) in [6.07, 6.45) is 1.69. The molecule has 5 aromatic carbocycles. The summed E-state index contributed by atoms with van der Waals surface area (Å²) in [4.78, 5) is 0.359. The van der Waals surface area contributed by atoms with E-state index < -0.39 is 24.4 Å². The molecule has 1 atom stereocenters. The van der Waals surface area contributed by atoms with Crippen LogP contribution in [0, 0.1) is 6.92 Å². The van der Waals surface area contributed by atoms with Gasteiger partial charge in [0.15, 0.2) is 0 Å². The number of rotatable bonds is 16. The predicted molar refractivity (Wildman–Crippen MR) is 226 cm³/mol. The minimum absolute atomic E-state index is 0.139. The number of nitrogens with one attached hydrogen (secondary N) is 2. The minimum Gasteiger partial charge on any atom is -0.534 e. The van der Waals surface area contributed by atoms with E-state index in [4.69, 9.17) is 9.16 Å². The highest BCUT2D eigenvalue weighted by molar-refractivity contribution is 7.89. The van der Waals surface area contributed by atoms with Gasteiger partial charge in [0.1, 0.15) is 24.2 Å². The van der Waals surface area contributed by atoms with Crippen LogP contribution in [0.1, 0.15) is 44.7 Å². The zero-order valence-electron chi connectivity index (χ0n) is 32.4. The Kier molecular flexibility index (Phi) is 13.2. The zero-order valence-corrected chi connectivity index (χ0v) is 34.3. The van der Waals surface area contributed by atoms with Crippen LogP contribution in [0.3, 0.4) is 0 Å². The van der Waals surface area contributed by atoms with Gasteiger partial charge < -0.3 is 24.9 Å². The molecule has 1 fully saturated rings. The van der Waals surface area contributed by atoms with Crippen molar-refractivity contribution in [3.63, 3.8) is 0 Å². The van der Waals surface area contributed by atoms with Gasteiger partial charge in [-0.2, -0.15) is 4.31 Å². The first-order valence-corrected chi connectivity index (χ1v) is 22.6. The first-order valence-electron chi connectivity index (χ1n) is 19.3. The molecule has 1 aliphatic rings. The zero-order chi connectivity index (χ0) is 38.9.